The Hall–Kier alpha value is -2.47. The molecule has 0 aromatic heterocycles. The molecule has 6 heteroatoms. The third-order valence-corrected chi connectivity index (χ3v) is 4.60. The van der Waals surface area contributed by atoms with Crippen molar-refractivity contribution in [1.82, 2.24) is 4.90 Å². The zero-order chi connectivity index (χ0) is 22.5. The number of halogens is 2. The van der Waals surface area contributed by atoms with E-state index < -0.39 is 23.3 Å². The number of likely N-dealkylation sites (N-methyl/N-ethyl adjacent to an activating group) is 1. The van der Waals surface area contributed by atoms with Crippen molar-refractivity contribution in [1.29, 1.82) is 0 Å². The van der Waals surface area contributed by atoms with E-state index in [1.54, 1.807) is 7.05 Å². The lowest BCUT2D eigenvalue weighted by Crippen LogP contribution is -2.38. The molecule has 1 aliphatic heterocycles. The van der Waals surface area contributed by atoms with Gasteiger partial charge in [-0.05, 0) is 56.0 Å². The molecule has 0 saturated carbocycles. The summed E-state index contributed by atoms with van der Waals surface area (Å²) in [6.07, 6.45) is -0.150. The largest absolute Gasteiger partial charge is 0.444 e. The first-order chi connectivity index (χ1) is 14.2. The van der Waals surface area contributed by atoms with E-state index >= 15 is 0 Å². The van der Waals surface area contributed by atoms with Gasteiger partial charge in [0.2, 0.25) is 0 Å². The van der Waals surface area contributed by atoms with Gasteiger partial charge in [0.1, 0.15) is 23.3 Å². The van der Waals surface area contributed by atoms with Crippen molar-refractivity contribution in [3.05, 3.63) is 59.2 Å². The van der Waals surface area contributed by atoms with Gasteiger partial charge in [0.15, 0.2) is 0 Å². The van der Waals surface area contributed by atoms with E-state index in [1.165, 1.54) is 17.0 Å². The van der Waals surface area contributed by atoms with Crippen LogP contribution in [-0.4, -0.2) is 36.8 Å². The minimum Gasteiger partial charge on any atom is -0.444 e. The van der Waals surface area contributed by atoms with Crippen molar-refractivity contribution >= 4 is 6.09 Å². The summed E-state index contributed by atoms with van der Waals surface area (Å²) in [6.45, 7) is 10.2. The van der Waals surface area contributed by atoms with Crippen LogP contribution in [-0.2, 0) is 15.9 Å². The number of carbonyl (C=O) groups excluding carboxylic acids is 1. The van der Waals surface area contributed by atoms with Crippen LogP contribution >= 0.6 is 0 Å². The van der Waals surface area contributed by atoms with Crippen LogP contribution in [0.25, 0.3) is 11.1 Å². The van der Waals surface area contributed by atoms with Crippen LogP contribution in [0.3, 0.4) is 0 Å². The second-order valence-electron chi connectivity index (χ2n) is 7.97. The van der Waals surface area contributed by atoms with Gasteiger partial charge in [-0.15, -0.1) is 0 Å². The summed E-state index contributed by atoms with van der Waals surface area (Å²) in [4.78, 5) is 13.8. The average Bonchev–Trinajstić information content (AvgIpc) is 2.68. The number of hydrogen-bond donors (Lipinski definition) is 0. The summed E-state index contributed by atoms with van der Waals surface area (Å²) in [5.74, 6) is -1.20. The topological polar surface area (TPSA) is 38.8 Å². The SMILES string of the molecule is CC.CN(CC1OCCc2c(-c3ccc(F)cc3F)cccc21)C(=O)OC(C)(C)C. The molecule has 0 aliphatic carbocycles. The van der Waals surface area contributed by atoms with E-state index in [1.807, 2.05) is 52.8 Å². The third-order valence-electron chi connectivity index (χ3n) is 4.60. The highest BCUT2D eigenvalue weighted by atomic mass is 19.1. The van der Waals surface area contributed by atoms with Crippen LogP contribution in [0.1, 0.15) is 51.8 Å². The molecule has 2 aromatic rings. The summed E-state index contributed by atoms with van der Waals surface area (Å²) in [6, 6.07) is 9.18. The van der Waals surface area contributed by atoms with Crippen molar-refractivity contribution in [3.63, 3.8) is 0 Å². The molecule has 3 rings (SSSR count). The number of carbonyl (C=O) groups is 1. The van der Waals surface area contributed by atoms with Crippen LogP contribution in [0, 0.1) is 11.6 Å². The van der Waals surface area contributed by atoms with Gasteiger partial charge in [-0.1, -0.05) is 32.0 Å². The van der Waals surface area contributed by atoms with E-state index in [4.69, 9.17) is 9.47 Å². The highest BCUT2D eigenvalue weighted by Crippen LogP contribution is 2.36. The molecule has 4 nitrogen and oxygen atoms in total. The fraction of sp³-hybridized carbons (Fsp3) is 0.458. The van der Waals surface area contributed by atoms with Crippen molar-refractivity contribution < 1.29 is 23.0 Å². The number of ether oxygens (including phenoxy) is 2. The van der Waals surface area contributed by atoms with Crippen LogP contribution in [0.2, 0.25) is 0 Å². The standard InChI is InChI=1S/C22H25F2NO3.C2H6/c1-22(2,3)28-21(26)25(4)13-20-18-7-5-6-15(16(18)10-11-27-20)17-9-8-14(23)12-19(17)24;1-2/h5-9,12,20H,10-11,13H2,1-4H3;1-2H3. The van der Waals surface area contributed by atoms with Crippen LogP contribution in [0.15, 0.2) is 36.4 Å². The van der Waals surface area contributed by atoms with Crippen molar-refractivity contribution in [2.24, 2.45) is 0 Å². The Morgan fingerprint density at radius 3 is 2.50 bits per heavy atom. The Morgan fingerprint density at radius 1 is 1.17 bits per heavy atom. The first kappa shape index (κ1) is 23.8. The minimum absolute atomic E-state index is 0.317. The summed E-state index contributed by atoms with van der Waals surface area (Å²) >= 11 is 0. The van der Waals surface area contributed by atoms with Gasteiger partial charge in [0.05, 0.1) is 13.2 Å². The van der Waals surface area contributed by atoms with E-state index in [0.717, 1.165) is 22.8 Å². The number of amides is 1. The summed E-state index contributed by atoms with van der Waals surface area (Å²) in [5, 5.41) is 0. The summed E-state index contributed by atoms with van der Waals surface area (Å²) < 4.78 is 38.9. The van der Waals surface area contributed by atoms with Crippen LogP contribution in [0.5, 0.6) is 0 Å². The Balaban J connectivity index is 0.00000155. The summed E-state index contributed by atoms with van der Waals surface area (Å²) in [7, 11) is 1.66. The molecule has 164 valence electrons. The van der Waals surface area contributed by atoms with Gasteiger partial charge in [0.25, 0.3) is 0 Å². The maximum absolute atomic E-state index is 14.3. The lowest BCUT2D eigenvalue weighted by molar-refractivity contribution is -0.00157. The van der Waals surface area contributed by atoms with Crippen molar-refractivity contribution in [2.75, 3.05) is 20.2 Å². The first-order valence-corrected chi connectivity index (χ1v) is 10.3. The molecular weight excluding hydrogens is 388 g/mol. The quantitative estimate of drug-likeness (QED) is 0.600. The number of nitrogens with zero attached hydrogens (tertiary/aromatic N) is 1. The highest BCUT2D eigenvalue weighted by Gasteiger charge is 2.28. The number of benzene rings is 2. The van der Waals surface area contributed by atoms with Gasteiger partial charge in [-0.2, -0.15) is 0 Å². The molecule has 1 atom stereocenters. The van der Waals surface area contributed by atoms with E-state index in [9.17, 15) is 13.6 Å². The molecule has 0 bridgehead atoms. The van der Waals surface area contributed by atoms with Gasteiger partial charge in [-0.3, -0.25) is 0 Å². The predicted molar refractivity (Wildman–Crippen MR) is 114 cm³/mol. The molecule has 30 heavy (non-hydrogen) atoms. The van der Waals surface area contributed by atoms with Gasteiger partial charge in [0, 0.05) is 18.7 Å². The molecule has 0 spiro atoms. The third kappa shape index (κ3) is 5.79. The second kappa shape index (κ2) is 10.0. The maximum atomic E-state index is 14.3. The predicted octanol–water partition coefficient (Wildman–Crippen LogP) is 6.14. The Morgan fingerprint density at radius 2 is 1.87 bits per heavy atom. The van der Waals surface area contributed by atoms with Crippen LogP contribution in [0.4, 0.5) is 13.6 Å². The lowest BCUT2D eigenvalue weighted by atomic mass is 9.89. The average molecular weight is 420 g/mol. The van der Waals surface area contributed by atoms with Crippen molar-refractivity contribution in [3.8, 4) is 11.1 Å². The van der Waals surface area contributed by atoms with E-state index in [2.05, 4.69) is 0 Å². The molecule has 1 unspecified atom stereocenters. The normalized spacial score (nSPS) is 15.5. The molecule has 1 amide bonds. The van der Waals surface area contributed by atoms with Crippen LogP contribution < -0.4 is 0 Å². The second-order valence-corrected chi connectivity index (χ2v) is 7.97. The maximum Gasteiger partial charge on any atom is 0.410 e. The van der Waals surface area contributed by atoms with Crippen molar-refractivity contribution in [2.45, 2.75) is 52.7 Å². The number of rotatable bonds is 3. The fourth-order valence-electron chi connectivity index (χ4n) is 3.35. The van der Waals surface area contributed by atoms with Gasteiger partial charge >= 0.3 is 6.09 Å². The molecule has 0 N–H and O–H groups in total. The molecule has 0 saturated heterocycles. The number of hydrogen-bond acceptors (Lipinski definition) is 3. The Kier molecular flexibility index (Phi) is 7.96. The monoisotopic (exact) mass is 419 g/mol. The Bertz CT molecular complexity index is 877. The van der Waals surface area contributed by atoms with E-state index in [-0.39, 0.29) is 6.10 Å². The minimum atomic E-state index is -0.605. The highest BCUT2D eigenvalue weighted by molar-refractivity contribution is 5.70. The van der Waals surface area contributed by atoms with Gasteiger partial charge in [-0.25, -0.2) is 13.6 Å². The first-order valence-electron chi connectivity index (χ1n) is 10.3. The molecule has 2 aromatic carbocycles. The zero-order valence-corrected chi connectivity index (χ0v) is 18.6. The Labute approximate surface area is 177 Å². The van der Waals surface area contributed by atoms with Gasteiger partial charge < -0.3 is 14.4 Å². The molecule has 1 aliphatic rings. The molecular formula is C24H31F2NO3. The van der Waals surface area contributed by atoms with E-state index in [0.29, 0.717) is 25.1 Å². The number of fused-ring (bicyclic) bond motifs is 1. The lowest BCUT2D eigenvalue weighted by Gasteiger charge is -2.32. The fourth-order valence-corrected chi connectivity index (χ4v) is 3.35. The molecule has 0 fully saturated rings. The summed E-state index contributed by atoms with van der Waals surface area (Å²) in [5.41, 5.74) is 2.37. The zero-order valence-electron chi connectivity index (χ0n) is 18.6. The smallest absolute Gasteiger partial charge is 0.410 e. The molecule has 0 radical (unpaired) electrons. The molecule has 1 heterocycles.